The summed E-state index contributed by atoms with van der Waals surface area (Å²) < 4.78 is 45.7. The molecule has 0 aromatic heterocycles. The van der Waals surface area contributed by atoms with Gasteiger partial charge in [-0.05, 0) is 6.08 Å². The summed E-state index contributed by atoms with van der Waals surface area (Å²) in [4.78, 5) is 10.8. The van der Waals surface area contributed by atoms with Crippen molar-refractivity contribution in [2.24, 2.45) is 0 Å². The zero-order valence-electron chi connectivity index (χ0n) is 10.0. The Morgan fingerprint density at radius 3 is 2.75 bits per heavy atom. The minimum Gasteiger partial charge on any atom is -0.478 e. The lowest BCUT2D eigenvalue weighted by Gasteiger charge is -2.33. The normalized spacial score (nSPS) is 24.8. The number of hydrogen-bond donors (Lipinski definition) is 3. The Morgan fingerprint density at radius 2 is 2.25 bits per heavy atom. The van der Waals surface area contributed by atoms with Crippen molar-refractivity contribution in [3.8, 4) is 0 Å². The molecule has 1 rings (SSSR count). The van der Waals surface area contributed by atoms with Crippen molar-refractivity contribution >= 4 is 18.0 Å². The van der Waals surface area contributed by atoms with E-state index in [1.165, 1.54) is 0 Å². The lowest BCUT2D eigenvalue weighted by molar-refractivity contribution is -0.143. The summed E-state index contributed by atoms with van der Waals surface area (Å²) in [5.74, 6) is -1.86. The lowest BCUT2D eigenvalue weighted by atomic mass is 10.00. The molecule has 3 unspecified atom stereocenters. The van der Waals surface area contributed by atoms with E-state index < -0.39 is 54.2 Å². The predicted octanol–water partition coefficient (Wildman–Crippen LogP) is 1.04. The highest BCUT2D eigenvalue weighted by atomic mass is 32.2. The molecule has 1 aliphatic heterocycles. The van der Waals surface area contributed by atoms with Crippen LogP contribution in [0.4, 0.5) is 13.2 Å². The summed E-state index contributed by atoms with van der Waals surface area (Å²) in [6.45, 7) is -0.424. The Balaban J connectivity index is 2.76. The first kappa shape index (κ1) is 17.1. The lowest BCUT2D eigenvalue weighted by Crippen LogP contribution is -2.43. The van der Waals surface area contributed by atoms with Gasteiger partial charge in [0, 0.05) is 19.4 Å². The van der Waals surface area contributed by atoms with Gasteiger partial charge < -0.3 is 24.2 Å². The number of carboxylic acids is 1. The van der Waals surface area contributed by atoms with E-state index in [-0.39, 0.29) is 12.8 Å². The van der Waals surface area contributed by atoms with E-state index in [2.05, 4.69) is 4.18 Å². The molecule has 0 fully saturated rings. The van der Waals surface area contributed by atoms with Crippen molar-refractivity contribution in [2.75, 3.05) is 6.61 Å². The summed E-state index contributed by atoms with van der Waals surface area (Å²) in [5, 5.41) is 27.2. The van der Waals surface area contributed by atoms with Crippen LogP contribution in [0.25, 0.3) is 0 Å². The zero-order chi connectivity index (χ0) is 15.3. The van der Waals surface area contributed by atoms with Gasteiger partial charge in [-0.15, -0.1) is 0 Å². The largest absolute Gasteiger partial charge is 0.478 e. The van der Waals surface area contributed by atoms with E-state index in [0.29, 0.717) is 0 Å². The minimum absolute atomic E-state index is 0.155. The van der Waals surface area contributed by atoms with Crippen LogP contribution in [-0.2, 0) is 13.7 Å². The maximum absolute atomic E-state index is 12.1. The molecule has 6 nitrogen and oxygen atoms in total. The van der Waals surface area contributed by atoms with Crippen LogP contribution in [0, 0.1) is 0 Å². The van der Waals surface area contributed by atoms with Gasteiger partial charge in [-0.3, -0.25) is 0 Å². The molecule has 1 heterocycles. The zero-order valence-corrected chi connectivity index (χ0v) is 10.9. The molecule has 0 radical (unpaired) electrons. The van der Waals surface area contributed by atoms with Crippen molar-refractivity contribution in [1.82, 2.24) is 0 Å². The smallest absolute Gasteiger partial charge is 0.467 e. The molecule has 20 heavy (non-hydrogen) atoms. The summed E-state index contributed by atoms with van der Waals surface area (Å²) in [7, 11) is 0. The second-order valence-corrected chi connectivity index (χ2v) is 4.76. The number of ether oxygens (including phenoxy) is 1. The van der Waals surface area contributed by atoms with Gasteiger partial charge in [0.15, 0.2) is 6.10 Å². The summed E-state index contributed by atoms with van der Waals surface area (Å²) in [6.07, 6.45) is -3.07. The number of rotatable bonds is 6. The average Bonchev–Trinajstić information content (AvgIpc) is 2.35. The molecule has 0 spiro atoms. The first-order valence-electron chi connectivity index (χ1n) is 5.55. The molecular weight excluding hydrogens is 305 g/mol. The van der Waals surface area contributed by atoms with E-state index in [0.717, 1.165) is 6.08 Å². The van der Waals surface area contributed by atoms with Crippen molar-refractivity contribution in [1.29, 1.82) is 0 Å². The quantitative estimate of drug-likeness (QED) is 0.630. The first-order valence-corrected chi connectivity index (χ1v) is 6.29. The van der Waals surface area contributed by atoms with Gasteiger partial charge in [0.25, 0.3) is 0 Å². The second kappa shape index (κ2) is 7.16. The molecule has 0 saturated heterocycles. The predicted molar refractivity (Wildman–Crippen MR) is 61.4 cm³/mol. The van der Waals surface area contributed by atoms with Crippen LogP contribution < -0.4 is 0 Å². The van der Waals surface area contributed by atoms with Gasteiger partial charge in [0.1, 0.15) is 18.1 Å². The average molecular weight is 318 g/mol. The topological polar surface area (TPSA) is 96.2 Å². The number of carbonyl (C=O) groups is 1. The Labute approximate surface area is 116 Å². The standard InChI is InChI=1S/C10H13F3O6S/c11-10(12,13)20-19-6-1-2-7(9(16)17)18-8(6)5(15)3-4-14/h2,5-6,8,14-15H,1,3-4H2,(H,16,17). The van der Waals surface area contributed by atoms with Crippen molar-refractivity contribution in [2.45, 2.75) is 36.7 Å². The molecule has 116 valence electrons. The van der Waals surface area contributed by atoms with Crippen LogP contribution in [-0.4, -0.2) is 51.7 Å². The van der Waals surface area contributed by atoms with Crippen LogP contribution in [0.3, 0.4) is 0 Å². The molecule has 1 aliphatic rings. The summed E-state index contributed by atoms with van der Waals surface area (Å²) in [5.41, 5.74) is -4.62. The first-order chi connectivity index (χ1) is 9.24. The highest BCUT2D eigenvalue weighted by Gasteiger charge is 2.39. The monoisotopic (exact) mass is 318 g/mol. The molecule has 0 amide bonds. The fourth-order valence-corrected chi connectivity index (χ4v) is 2.02. The summed E-state index contributed by atoms with van der Waals surface area (Å²) >= 11 is -0.741. The molecular formula is C10H13F3O6S. The van der Waals surface area contributed by atoms with E-state index in [1.54, 1.807) is 0 Å². The van der Waals surface area contributed by atoms with E-state index in [4.69, 9.17) is 14.9 Å². The van der Waals surface area contributed by atoms with E-state index >= 15 is 0 Å². The number of aliphatic hydroxyl groups excluding tert-OH is 2. The van der Waals surface area contributed by atoms with Gasteiger partial charge in [-0.2, -0.15) is 13.2 Å². The van der Waals surface area contributed by atoms with Crippen LogP contribution in [0.5, 0.6) is 0 Å². The Morgan fingerprint density at radius 1 is 1.60 bits per heavy atom. The third-order valence-electron chi connectivity index (χ3n) is 2.45. The fraction of sp³-hybridized carbons (Fsp3) is 0.700. The molecule has 0 saturated carbocycles. The van der Waals surface area contributed by atoms with Gasteiger partial charge >= 0.3 is 11.5 Å². The maximum Gasteiger partial charge on any atom is 0.467 e. The molecule has 3 atom stereocenters. The molecule has 0 aromatic carbocycles. The molecule has 10 heteroatoms. The third-order valence-corrected chi connectivity index (χ3v) is 2.98. The molecule has 0 aliphatic carbocycles. The van der Waals surface area contributed by atoms with Crippen molar-refractivity contribution in [3.05, 3.63) is 11.8 Å². The number of aliphatic hydroxyl groups is 2. The minimum atomic E-state index is -4.62. The highest BCUT2D eigenvalue weighted by Crippen LogP contribution is 2.35. The van der Waals surface area contributed by atoms with Gasteiger partial charge in [-0.1, -0.05) is 0 Å². The van der Waals surface area contributed by atoms with Crippen molar-refractivity contribution in [3.63, 3.8) is 0 Å². The number of aliphatic carboxylic acids is 1. The number of alkyl halides is 3. The summed E-state index contributed by atoms with van der Waals surface area (Å²) in [6, 6.07) is 0. The Kier molecular flexibility index (Phi) is 6.11. The fourth-order valence-electron chi connectivity index (χ4n) is 1.60. The molecule has 3 N–H and O–H groups in total. The van der Waals surface area contributed by atoms with E-state index in [1.807, 2.05) is 0 Å². The van der Waals surface area contributed by atoms with Crippen molar-refractivity contribution < 1.29 is 42.2 Å². The SMILES string of the molecule is O=C(O)C1=CCC(OSC(F)(F)F)C(C(O)CCO)O1. The van der Waals surface area contributed by atoms with E-state index in [9.17, 15) is 23.1 Å². The number of carboxylic acid groups (broad SMARTS) is 1. The van der Waals surface area contributed by atoms with Gasteiger partial charge in [-0.25, -0.2) is 4.79 Å². The molecule has 0 aromatic rings. The van der Waals surface area contributed by atoms with Crippen LogP contribution in [0.1, 0.15) is 12.8 Å². The number of hydrogen-bond acceptors (Lipinski definition) is 6. The van der Waals surface area contributed by atoms with Crippen LogP contribution in [0.2, 0.25) is 0 Å². The number of halogens is 3. The third kappa shape index (κ3) is 5.19. The maximum atomic E-state index is 12.1. The Hall–Kier alpha value is -0.970. The highest BCUT2D eigenvalue weighted by molar-refractivity contribution is 7.95. The van der Waals surface area contributed by atoms with Gasteiger partial charge in [0.05, 0.1) is 6.10 Å². The molecule has 0 bridgehead atoms. The van der Waals surface area contributed by atoms with Gasteiger partial charge in [0.2, 0.25) is 5.76 Å². The Bertz CT molecular complexity index is 372. The second-order valence-electron chi connectivity index (χ2n) is 3.94. The van der Waals surface area contributed by atoms with Crippen LogP contribution >= 0.6 is 12.0 Å². The van der Waals surface area contributed by atoms with Crippen LogP contribution in [0.15, 0.2) is 11.8 Å².